The predicted octanol–water partition coefficient (Wildman–Crippen LogP) is 14.0. The van der Waals surface area contributed by atoms with Gasteiger partial charge in [-0.2, -0.15) is 0 Å². The molecular formula is C38H77O2P3. The van der Waals surface area contributed by atoms with Gasteiger partial charge in [0, 0.05) is 0 Å². The Morgan fingerprint density at radius 1 is 0.395 bits per heavy atom. The molecule has 0 aromatic heterocycles. The first-order valence-corrected chi connectivity index (χ1v) is 26.0. The van der Waals surface area contributed by atoms with Crippen molar-refractivity contribution in [3.05, 3.63) is 30.3 Å². The summed E-state index contributed by atoms with van der Waals surface area (Å²) in [6.45, 7) is 14.1. The third kappa shape index (κ3) is 13.2. The van der Waals surface area contributed by atoms with Crippen LogP contribution in [0, 0.1) is 0 Å². The van der Waals surface area contributed by atoms with Gasteiger partial charge >= 0.3 is 274 Å². The summed E-state index contributed by atoms with van der Waals surface area (Å²) in [7, 11) is -1.15. The van der Waals surface area contributed by atoms with Crippen molar-refractivity contribution in [2.75, 3.05) is 49.3 Å². The van der Waals surface area contributed by atoms with Gasteiger partial charge in [0.15, 0.2) is 0 Å². The third-order valence-electron chi connectivity index (χ3n) is 10.2. The molecule has 0 spiro atoms. The minimum atomic E-state index is -2.52. The van der Waals surface area contributed by atoms with Crippen molar-refractivity contribution in [1.82, 2.24) is 0 Å². The predicted molar refractivity (Wildman–Crippen MR) is 207 cm³/mol. The summed E-state index contributed by atoms with van der Waals surface area (Å²) in [5.41, 5.74) is 0. The van der Waals surface area contributed by atoms with E-state index in [0.29, 0.717) is 0 Å². The van der Waals surface area contributed by atoms with E-state index < -0.39 is 22.0 Å². The Kier molecular flexibility index (Phi) is 21.3. The second-order valence-corrected chi connectivity index (χ2v) is 27.4. The Hall–Kier alpha value is 0.430. The molecule has 43 heavy (non-hydrogen) atoms. The van der Waals surface area contributed by atoms with E-state index in [1.807, 2.05) is 0 Å². The van der Waals surface area contributed by atoms with Crippen LogP contribution in [0.5, 0.6) is 0 Å². The number of benzene rings is 1. The van der Waals surface area contributed by atoms with Crippen molar-refractivity contribution in [2.45, 2.75) is 158 Å². The van der Waals surface area contributed by atoms with Gasteiger partial charge in [0.05, 0.1) is 0 Å². The van der Waals surface area contributed by atoms with E-state index in [1.165, 1.54) is 157 Å². The quantitative estimate of drug-likeness (QED) is 0.0798. The second kappa shape index (κ2) is 22.1. The number of hydrogen-bond acceptors (Lipinski definition) is 2. The van der Waals surface area contributed by atoms with Gasteiger partial charge in [-0.25, -0.2) is 0 Å². The van der Waals surface area contributed by atoms with Crippen LogP contribution < -0.4 is 5.30 Å². The number of rotatable bonds is 29. The molecule has 0 atom stereocenters. The molecule has 0 N–H and O–H groups in total. The zero-order valence-electron chi connectivity index (χ0n) is 30.5. The molecule has 0 radical (unpaired) electrons. The van der Waals surface area contributed by atoms with Crippen LogP contribution in [-0.4, -0.2) is 49.3 Å². The molecule has 0 bridgehead atoms. The molecular weight excluding hydrogens is 581 g/mol. The molecule has 0 aliphatic rings. The average Bonchev–Trinajstić information content (AvgIpc) is 3.05. The van der Waals surface area contributed by atoms with E-state index in [9.17, 15) is 0 Å². The van der Waals surface area contributed by atoms with Crippen molar-refractivity contribution in [1.29, 1.82) is 0 Å². The zero-order valence-corrected chi connectivity index (χ0v) is 33.2. The zero-order chi connectivity index (χ0) is 32.0. The molecule has 1 rings (SSSR count). The van der Waals surface area contributed by atoms with Crippen molar-refractivity contribution >= 4 is 27.3 Å². The molecule has 0 saturated heterocycles. The van der Waals surface area contributed by atoms with Crippen molar-refractivity contribution < 1.29 is 8.62 Å². The third-order valence-corrected chi connectivity index (χ3v) is 27.4. The standard InChI is InChI=1S/C38H77O2P3/c1-9-17-30-42(31-18-10-2,32-19-11-3,33-20-12-4)39-41(38-28-26-25-27-29-38)40-43(34-21-13-5,35-22-14-6,36-23-15-7)37-24-16-8/h25-29H,9-24,30-37H2,1-8H3. The second-order valence-electron chi connectivity index (χ2n) is 14.1. The molecule has 256 valence electrons. The molecule has 1 aromatic rings. The molecule has 0 aliphatic heterocycles. The maximum absolute atomic E-state index is 8.23. The first-order chi connectivity index (χ1) is 20.8. The van der Waals surface area contributed by atoms with Crippen molar-refractivity contribution in [3.8, 4) is 0 Å². The van der Waals surface area contributed by atoms with E-state index in [-0.39, 0.29) is 0 Å². The topological polar surface area (TPSA) is 18.5 Å². The molecule has 0 heterocycles. The van der Waals surface area contributed by atoms with Crippen LogP contribution in [0.3, 0.4) is 0 Å². The van der Waals surface area contributed by atoms with Crippen molar-refractivity contribution in [2.24, 2.45) is 0 Å². The van der Waals surface area contributed by atoms with E-state index in [0.717, 1.165) is 0 Å². The van der Waals surface area contributed by atoms with E-state index in [2.05, 4.69) is 85.7 Å². The molecule has 1 aromatic carbocycles. The normalized spacial score (nSPS) is 15.1. The van der Waals surface area contributed by atoms with Crippen LogP contribution in [0.4, 0.5) is 0 Å². The Morgan fingerprint density at radius 3 is 0.837 bits per heavy atom. The van der Waals surface area contributed by atoms with Gasteiger partial charge in [0.1, 0.15) is 0 Å². The Balaban J connectivity index is 4.02. The van der Waals surface area contributed by atoms with Gasteiger partial charge in [0.2, 0.25) is 0 Å². The molecule has 0 amide bonds. The van der Waals surface area contributed by atoms with Gasteiger partial charge < -0.3 is 0 Å². The van der Waals surface area contributed by atoms with Crippen LogP contribution >= 0.6 is 22.0 Å². The fraction of sp³-hybridized carbons (Fsp3) is 0.842. The minimum absolute atomic E-state index is 1.15. The van der Waals surface area contributed by atoms with Crippen LogP contribution in [0.2, 0.25) is 0 Å². The van der Waals surface area contributed by atoms with Crippen LogP contribution in [0.15, 0.2) is 30.3 Å². The molecule has 0 unspecified atom stereocenters. The molecule has 5 heteroatoms. The van der Waals surface area contributed by atoms with E-state index >= 15 is 0 Å². The molecule has 0 fully saturated rings. The van der Waals surface area contributed by atoms with Gasteiger partial charge in [0.25, 0.3) is 0 Å². The average molecular weight is 659 g/mol. The van der Waals surface area contributed by atoms with Crippen LogP contribution in [0.25, 0.3) is 0 Å². The molecule has 0 saturated carbocycles. The number of hydrogen-bond donors (Lipinski definition) is 0. The number of unbranched alkanes of at least 4 members (excludes halogenated alkanes) is 8. The van der Waals surface area contributed by atoms with E-state index in [4.69, 9.17) is 8.62 Å². The Bertz CT molecular complexity index is 680. The first kappa shape index (κ1) is 41.5. The molecule has 0 aliphatic carbocycles. The first-order valence-electron chi connectivity index (χ1n) is 19.1. The Labute approximate surface area is 273 Å². The van der Waals surface area contributed by atoms with E-state index in [1.54, 1.807) is 0 Å². The fourth-order valence-corrected chi connectivity index (χ4v) is 26.3. The summed E-state index contributed by atoms with van der Waals surface area (Å²) in [5, 5.41) is 1.35. The van der Waals surface area contributed by atoms with Crippen molar-refractivity contribution in [3.63, 3.8) is 0 Å². The van der Waals surface area contributed by atoms with Crippen LogP contribution in [0.1, 0.15) is 158 Å². The monoisotopic (exact) mass is 659 g/mol. The summed E-state index contributed by atoms with van der Waals surface area (Å²) in [4.78, 5) is 0. The molecule has 2 nitrogen and oxygen atoms in total. The fourth-order valence-electron chi connectivity index (χ4n) is 7.21. The summed E-state index contributed by atoms with van der Waals surface area (Å²) < 4.78 is 16.5. The van der Waals surface area contributed by atoms with Gasteiger partial charge in [-0.15, -0.1) is 0 Å². The van der Waals surface area contributed by atoms with Gasteiger partial charge in [-0.3, -0.25) is 0 Å². The SMILES string of the molecule is CCCCP(CCCC)(CCCC)(CCCC)OP(OP(CCCC)(CCCC)(CCCC)CCCC)c1ccccc1. The summed E-state index contributed by atoms with van der Waals surface area (Å²) in [5.74, 6) is 0. The van der Waals surface area contributed by atoms with Gasteiger partial charge in [-0.05, 0) is 0 Å². The summed E-state index contributed by atoms with van der Waals surface area (Å²) in [6, 6.07) is 11.4. The van der Waals surface area contributed by atoms with Gasteiger partial charge in [-0.1, -0.05) is 0 Å². The summed E-state index contributed by atoms with van der Waals surface area (Å²) >= 11 is 0. The Morgan fingerprint density at radius 2 is 0.628 bits per heavy atom. The maximum atomic E-state index is 8.23. The van der Waals surface area contributed by atoms with Crippen LogP contribution in [-0.2, 0) is 8.62 Å². The summed E-state index contributed by atoms with van der Waals surface area (Å²) in [6.07, 6.45) is 30.9.